The van der Waals surface area contributed by atoms with Crippen molar-refractivity contribution in [3.63, 3.8) is 0 Å². The molecule has 0 aliphatic carbocycles. The molecule has 2 atom stereocenters. The van der Waals surface area contributed by atoms with E-state index in [2.05, 4.69) is 34.6 Å². The first-order chi connectivity index (χ1) is 27.3. The molecule has 0 N–H and O–H groups in total. The van der Waals surface area contributed by atoms with Gasteiger partial charge in [-0.05, 0) is 32.1 Å². The summed E-state index contributed by atoms with van der Waals surface area (Å²) in [7, 11) is 0. The van der Waals surface area contributed by atoms with E-state index in [9.17, 15) is 19.2 Å². The van der Waals surface area contributed by atoms with Crippen LogP contribution in [0.1, 0.15) is 247 Å². The predicted octanol–water partition coefficient (Wildman–Crippen LogP) is 13.7. The molecule has 0 saturated carbocycles. The van der Waals surface area contributed by atoms with Crippen LogP contribution in [0.15, 0.2) is 0 Å². The molecule has 330 valence electrons. The number of carbonyl (C=O) groups excluding carboxylic acids is 4. The lowest BCUT2D eigenvalue weighted by Crippen LogP contribution is -2.44. The highest BCUT2D eigenvalue weighted by molar-refractivity contribution is 5.72. The SMILES string of the molecule is CCCCCCCCCCC(=O)OCC(COC(=O)CCCCCC)(COC(=O)CCCCCCCC)COC(=O)[C@H](CCCCCC)CCCCCCCC. The molecule has 8 nitrogen and oxygen atoms in total. The second-order valence-corrected chi connectivity index (χ2v) is 16.7. The molecule has 0 spiro atoms. The normalized spacial score (nSPS) is 12.9. The van der Waals surface area contributed by atoms with Crippen molar-refractivity contribution in [3.8, 4) is 0 Å². The minimum absolute atomic E-state index is 0.160. The first-order valence-corrected chi connectivity index (χ1v) is 23.9. The summed E-state index contributed by atoms with van der Waals surface area (Å²) >= 11 is 0. The van der Waals surface area contributed by atoms with E-state index in [-0.39, 0.29) is 75.5 Å². The Bertz CT molecular complexity index is 936. The maximum atomic E-state index is 13.8. The van der Waals surface area contributed by atoms with Crippen LogP contribution in [0, 0.1) is 11.3 Å². The minimum Gasteiger partial charge on any atom is -0.465 e. The molecule has 0 aromatic heterocycles. The van der Waals surface area contributed by atoms with Gasteiger partial charge in [-0.25, -0.2) is 0 Å². The average molecular weight is 795 g/mol. The topological polar surface area (TPSA) is 105 Å². The van der Waals surface area contributed by atoms with Crippen LogP contribution in [0.2, 0.25) is 0 Å². The Morgan fingerprint density at radius 2 is 0.589 bits per heavy atom. The molecule has 0 aliphatic heterocycles. The van der Waals surface area contributed by atoms with Crippen molar-refractivity contribution in [2.24, 2.45) is 11.3 Å². The standard InChI is InChI=1S/C48H90O8/c1-6-11-16-21-24-25-28-33-38-46(51)55-41-48(39-53-44(49)36-31-20-15-10-5,40-54-45(50)37-32-27-23-18-13-8-3)42-56-47(52)43(34-29-19-14-9-4)35-30-26-22-17-12-7-2/h43H,6-42H2,1-5H3/t43-,48?/m1/s1. The van der Waals surface area contributed by atoms with Gasteiger partial charge in [0.05, 0.1) is 5.92 Å². The van der Waals surface area contributed by atoms with Crippen molar-refractivity contribution in [2.45, 2.75) is 247 Å². The van der Waals surface area contributed by atoms with Crippen molar-refractivity contribution < 1.29 is 38.1 Å². The zero-order chi connectivity index (χ0) is 41.4. The molecule has 0 bridgehead atoms. The summed E-state index contributed by atoms with van der Waals surface area (Å²) in [6.45, 7) is 10.3. The van der Waals surface area contributed by atoms with Gasteiger partial charge in [0, 0.05) is 19.3 Å². The number of rotatable bonds is 42. The van der Waals surface area contributed by atoms with Gasteiger partial charge in [0.15, 0.2) is 0 Å². The molecule has 0 radical (unpaired) electrons. The lowest BCUT2D eigenvalue weighted by atomic mass is 9.91. The van der Waals surface area contributed by atoms with E-state index in [4.69, 9.17) is 18.9 Å². The molecule has 0 fully saturated rings. The van der Waals surface area contributed by atoms with Gasteiger partial charge in [-0.1, -0.05) is 195 Å². The monoisotopic (exact) mass is 795 g/mol. The fraction of sp³-hybridized carbons (Fsp3) is 0.917. The van der Waals surface area contributed by atoms with Crippen LogP contribution in [-0.4, -0.2) is 50.3 Å². The maximum absolute atomic E-state index is 13.8. The van der Waals surface area contributed by atoms with Gasteiger partial charge >= 0.3 is 23.9 Å². The van der Waals surface area contributed by atoms with Gasteiger partial charge in [-0.2, -0.15) is 0 Å². The van der Waals surface area contributed by atoms with E-state index in [0.29, 0.717) is 0 Å². The summed E-state index contributed by atoms with van der Waals surface area (Å²) in [5.74, 6) is -1.53. The minimum atomic E-state index is -1.20. The molecule has 0 heterocycles. The average Bonchev–Trinajstić information content (AvgIpc) is 3.20. The van der Waals surface area contributed by atoms with E-state index >= 15 is 0 Å². The van der Waals surface area contributed by atoms with Crippen molar-refractivity contribution in [1.82, 2.24) is 0 Å². The zero-order valence-electron chi connectivity index (χ0n) is 37.5. The first kappa shape index (κ1) is 53.9. The second kappa shape index (κ2) is 39.7. The third kappa shape index (κ3) is 32.9. The molecular weight excluding hydrogens is 705 g/mol. The van der Waals surface area contributed by atoms with Crippen LogP contribution in [-0.2, 0) is 38.1 Å². The van der Waals surface area contributed by atoms with Gasteiger partial charge in [-0.15, -0.1) is 0 Å². The van der Waals surface area contributed by atoms with Crippen molar-refractivity contribution in [3.05, 3.63) is 0 Å². The van der Waals surface area contributed by atoms with Gasteiger partial charge in [0.1, 0.15) is 31.8 Å². The van der Waals surface area contributed by atoms with E-state index in [1.165, 1.54) is 70.6 Å². The molecule has 0 rings (SSSR count). The largest absolute Gasteiger partial charge is 0.465 e. The highest BCUT2D eigenvalue weighted by Gasteiger charge is 2.38. The molecule has 0 amide bonds. The van der Waals surface area contributed by atoms with Crippen LogP contribution >= 0.6 is 0 Å². The summed E-state index contributed by atoms with van der Waals surface area (Å²) in [6, 6.07) is 0. The third-order valence-corrected chi connectivity index (χ3v) is 11.0. The van der Waals surface area contributed by atoms with Crippen molar-refractivity contribution >= 4 is 23.9 Å². The fourth-order valence-electron chi connectivity index (χ4n) is 7.03. The molecule has 0 aromatic rings. The van der Waals surface area contributed by atoms with E-state index < -0.39 is 5.41 Å². The smallest absolute Gasteiger partial charge is 0.308 e. The Morgan fingerprint density at radius 3 is 0.929 bits per heavy atom. The van der Waals surface area contributed by atoms with E-state index in [1.807, 2.05) is 0 Å². The Labute approximate surface area is 345 Å². The van der Waals surface area contributed by atoms with Crippen LogP contribution in [0.3, 0.4) is 0 Å². The highest BCUT2D eigenvalue weighted by atomic mass is 16.6. The summed E-state index contributed by atoms with van der Waals surface area (Å²) in [5, 5.41) is 0. The van der Waals surface area contributed by atoms with Gasteiger partial charge in [0.2, 0.25) is 0 Å². The van der Waals surface area contributed by atoms with Crippen LogP contribution in [0.25, 0.3) is 0 Å². The summed E-state index contributed by atoms with van der Waals surface area (Å²) < 4.78 is 23.6. The van der Waals surface area contributed by atoms with Gasteiger partial charge in [-0.3, -0.25) is 19.2 Å². The van der Waals surface area contributed by atoms with Crippen LogP contribution in [0.5, 0.6) is 0 Å². The lowest BCUT2D eigenvalue weighted by Gasteiger charge is -2.32. The third-order valence-electron chi connectivity index (χ3n) is 11.0. The Hall–Kier alpha value is -2.12. The number of unbranched alkanes of at least 4 members (excludes halogenated alkanes) is 23. The molecule has 0 aromatic carbocycles. The molecule has 0 saturated heterocycles. The Kier molecular flexibility index (Phi) is 38.2. The van der Waals surface area contributed by atoms with Crippen molar-refractivity contribution in [1.29, 1.82) is 0 Å². The van der Waals surface area contributed by atoms with Crippen molar-refractivity contribution in [2.75, 3.05) is 26.4 Å². The predicted molar refractivity (Wildman–Crippen MR) is 230 cm³/mol. The number of esters is 4. The Morgan fingerprint density at radius 1 is 0.339 bits per heavy atom. The first-order valence-electron chi connectivity index (χ1n) is 23.9. The summed E-state index contributed by atoms with van der Waals surface area (Å²) in [5.41, 5.74) is -1.20. The Balaban J connectivity index is 5.92. The second-order valence-electron chi connectivity index (χ2n) is 16.7. The molecule has 8 heteroatoms. The number of carbonyl (C=O) groups is 4. The lowest BCUT2D eigenvalue weighted by molar-refractivity contribution is -0.172. The van der Waals surface area contributed by atoms with Crippen LogP contribution in [0.4, 0.5) is 0 Å². The van der Waals surface area contributed by atoms with Crippen LogP contribution < -0.4 is 0 Å². The molecular formula is C48H90O8. The summed E-state index contributed by atoms with van der Waals surface area (Å²) in [6.07, 6.45) is 32.7. The number of ether oxygens (including phenoxy) is 4. The number of hydrogen-bond donors (Lipinski definition) is 0. The number of hydrogen-bond acceptors (Lipinski definition) is 8. The fourth-order valence-corrected chi connectivity index (χ4v) is 7.03. The molecule has 1 unspecified atom stereocenters. The molecule has 56 heavy (non-hydrogen) atoms. The maximum Gasteiger partial charge on any atom is 0.308 e. The van der Waals surface area contributed by atoms with E-state index in [0.717, 1.165) is 122 Å². The quantitative estimate of drug-likeness (QED) is 0.0342. The zero-order valence-corrected chi connectivity index (χ0v) is 37.5. The van der Waals surface area contributed by atoms with Gasteiger partial charge < -0.3 is 18.9 Å². The summed E-state index contributed by atoms with van der Waals surface area (Å²) in [4.78, 5) is 52.9. The molecule has 0 aliphatic rings. The van der Waals surface area contributed by atoms with Gasteiger partial charge in [0.25, 0.3) is 0 Å². The van der Waals surface area contributed by atoms with E-state index in [1.54, 1.807) is 0 Å². The highest BCUT2D eigenvalue weighted by Crippen LogP contribution is 2.26.